The summed E-state index contributed by atoms with van der Waals surface area (Å²) in [5.74, 6) is 0. The summed E-state index contributed by atoms with van der Waals surface area (Å²) >= 11 is 0. The number of aliphatic hydroxyl groups is 1. The molecule has 0 unspecified atom stereocenters. The van der Waals surface area contributed by atoms with Crippen molar-refractivity contribution in [3.8, 4) is 0 Å². The normalized spacial score (nSPS) is 13.8. The Morgan fingerprint density at radius 3 is 2.62 bits per heavy atom. The highest BCUT2D eigenvalue weighted by Gasteiger charge is 2.33. The zero-order valence-corrected chi connectivity index (χ0v) is 8.53. The van der Waals surface area contributed by atoms with Gasteiger partial charge in [0.1, 0.15) is 0 Å². The second-order valence-corrected chi connectivity index (χ2v) is 3.30. The summed E-state index contributed by atoms with van der Waals surface area (Å²) in [5.41, 5.74) is -1.81. The maximum absolute atomic E-state index is 12.3. The van der Waals surface area contributed by atoms with E-state index in [1.54, 1.807) is 6.92 Å². The predicted octanol–water partition coefficient (Wildman–Crippen LogP) is 1.03. The summed E-state index contributed by atoms with van der Waals surface area (Å²) in [6.45, 7) is 1.42. The molecule has 0 radical (unpaired) electrons. The molecule has 0 aliphatic heterocycles. The molecule has 0 aromatic carbocycles. The monoisotopic (exact) mass is 236 g/mol. The highest BCUT2D eigenvalue weighted by Crippen LogP contribution is 2.26. The van der Waals surface area contributed by atoms with E-state index >= 15 is 0 Å². The van der Waals surface area contributed by atoms with Crippen molar-refractivity contribution in [2.75, 3.05) is 0 Å². The van der Waals surface area contributed by atoms with Crippen LogP contribution in [0.25, 0.3) is 0 Å². The first kappa shape index (κ1) is 12.7. The quantitative estimate of drug-likeness (QED) is 0.852. The first-order valence-electron chi connectivity index (χ1n) is 4.68. The Bertz CT molecular complexity index is 414. The number of rotatable bonds is 3. The molecule has 1 rings (SSSR count). The van der Waals surface area contributed by atoms with Gasteiger partial charge in [0.15, 0.2) is 5.69 Å². The SMILES string of the molecule is CC[C@H](O)Cn1nc(C(F)(F)F)ccc1=O. The molecular weight excluding hydrogens is 225 g/mol. The molecule has 90 valence electrons. The van der Waals surface area contributed by atoms with Crippen LogP contribution in [0.1, 0.15) is 19.0 Å². The number of aromatic nitrogens is 2. The molecule has 0 saturated carbocycles. The van der Waals surface area contributed by atoms with Gasteiger partial charge in [-0.2, -0.15) is 18.3 Å². The summed E-state index contributed by atoms with van der Waals surface area (Å²) in [7, 11) is 0. The second-order valence-electron chi connectivity index (χ2n) is 3.30. The lowest BCUT2D eigenvalue weighted by molar-refractivity contribution is -0.142. The van der Waals surface area contributed by atoms with Crippen molar-refractivity contribution >= 4 is 0 Å². The molecule has 0 aliphatic carbocycles. The fraction of sp³-hybridized carbons (Fsp3) is 0.556. The molecule has 0 fully saturated rings. The van der Waals surface area contributed by atoms with Crippen molar-refractivity contribution in [1.82, 2.24) is 9.78 Å². The van der Waals surface area contributed by atoms with E-state index in [0.717, 1.165) is 6.07 Å². The maximum Gasteiger partial charge on any atom is 0.435 e. The van der Waals surface area contributed by atoms with Gasteiger partial charge in [-0.05, 0) is 12.5 Å². The van der Waals surface area contributed by atoms with Crippen LogP contribution in [0.15, 0.2) is 16.9 Å². The van der Waals surface area contributed by atoms with Gasteiger partial charge in [0.05, 0.1) is 12.6 Å². The highest BCUT2D eigenvalue weighted by atomic mass is 19.4. The predicted molar refractivity (Wildman–Crippen MR) is 49.8 cm³/mol. The molecule has 16 heavy (non-hydrogen) atoms. The van der Waals surface area contributed by atoms with Gasteiger partial charge in [0, 0.05) is 6.07 Å². The second kappa shape index (κ2) is 4.65. The summed E-state index contributed by atoms with van der Waals surface area (Å²) < 4.78 is 37.5. The molecule has 1 aromatic heterocycles. The average molecular weight is 236 g/mol. The average Bonchev–Trinajstić information content (AvgIpc) is 2.19. The van der Waals surface area contributed by atoms with Gasteiger partial charge in [-0.3, -0.25) is 4.79 Å². The van der Waals surface area contributed by atoms with Crippen LogP contribution in [-0.2, 0) is 12.7 Å². The largest absolute Gasteiger partial charge is 0.435 e. The molecule has 0 bridgehead atoms. The third-order valence-electron chi connectivity index (χ3n) is 2.01. The minimum absolute atomic E-state index is 0.237. The lowest BCUT2D eigenvalue weighted by Crippen LogP contribution is -2.30. The van der Waals surface area contributed by atoms with Crippen LogP contribution in [0.4, 0.5) is 13.2 Å². The Balaban J connectivity index is 3.05. The van der Waals surface area contributed by atoms with Crippen LogP contribution >= 0.6 is 0 Å². The topological polar surface area (TPSA) is 55.1 Å². The van der Waals surface area contributed by atoms with Crippen LogP contribution in [0.3, 0.4) is 0 Å². The summed E-state index contributed by atoms with van der Waals surface area (Å²) in [5, 5.41) is 12.4. The van der Waals surface area contributed by atoms with Gasteiger partial charge in [-0.15, -0.1) is 0 Å². The van der Waals surface area contributed by atoms with E-state index in [-0.39, 0.29) is 6.54 Å². The van der Waals surface area contributed by atoms with E-state index in [9.17, 15) is 23.1 Å². The lowest BCUT2D eigenvalue weighted by atomic mass is 10.3. The Morgan fingerprint density at radius 2 is 2.12 bits per heavy atom. The van der Waals surface area contributed by atoms with E-state index in [4.69, 9.17) is 0 Å². The van der Waals surface area contributed by atoms with E-state index in [1.165, 1.54) is 0 Å². The fourth-order valence-electron chi connectivity index (χ4n) is 1.06. The van der Waals surface area contributed by atoms with Crippen molar-refractivity contribution in [3.63, 3.8) is 0 Å². The van der Waals surface area contributed by atoms with Gasteiger partial charge in [0.2, 0.25) is 0 Å². The van der Waals surface area contributed by atoms with Crippen LogP contribution in [-0.4, -0.2) is 21.0 Å². The van der Waals surface area contributed by atoms with Crippen molar-refractivity contribution in [1.29, 1.82) is 0 Å². The van der Waals surface area contributed by atoms with Crippen LogP contribution in [0.2, 0.25) is 0 Å². The molecule has 0 aliphatic rings. The first-order valence-corrected chi connectivity index (χ1v) is 4.68. The Labute approximate surface area is 89.3 Å². The van der Waals surface area contributed by atoms with Crippen LogP contribution < -0.4 is 5.56 Å². The minimum atomic E-state index is -4.59. The standard InChI is InChI=1S/C9H11F3N2O2/c1-2-6(15)5-14-8(16)4-3-7(13-14)9(10,11)12/h3-4,6,15H,2,5H2,1H3/t6-/m0/s1. The smallest absolute Gasteiger partial charge is 0.391 e. The molecule has 0 saturated heterocycles. The molecule has 0 spiro atoms. The minimum Gasteiger partial charge on any atom is -0.391 e. The molecule has 0 amide bonds. The first-order chi connectivity index (χ1) is 7.34. The van der Waals surface area contributed by atoms with Gasteiger partial charge in [0.25, 0.3) is 5.56 Å². The third-order valence-corrected chi connectivity index (χ3v) is 2.01. The Hall–Kier alpha value is -1.37. The summed E-state index contributed by atoms with van der Waals surface area (Å²) in [6, 6.07) is 1.41. The Kier molecular flexibility index (Phi) is 3.69. The number of hydrogen-bond acceptors (Lipinski definition) is 3. The van der Waals surface area contributed by atoms with E-state index in [2.05, 4.69) is 5.10 Å². The van der Waals surface area contributed by atoms with E-state index < -0.39 is 23.5 Å². The van der Waals surface area contributed by atoms with Gasteiger partial charge < -0.3 is 5.11 Å². The van der Waals surface area contributed by atoms with Crippen molar-refractivity contribution in [2.24, 2.45) is 0 Å². The molecule has 1 heterocycles. The number of nitrogens with zero attached hydrogens (tertiary/aromatic N) is 2. The van der Waals surface area contributed by atoms with Crippen molar-refractivity contribution < 1.29 is 18.3 Å². The number of halogens is 3. The highest BCUT2D eigenvalue weighted by molar-refractivity contribution is 5.04. The molecular formula is C9H11F3N2O2. The Morgan fingerprint density at radius 1 is 1.50 bits per heavy atom. The molecule has 4 nitrogen and oxygen atoms in total. The summed E-state index contributed by atoms with van der Waals surface area (Å²) in [6.07, 6.45) is -5.13. The van der Waals surface area contributed by atoms with Crippen molar-refractivity contribution in [2.45, 2.75) is 32.2 Å². The fourth-order valence-corrected chi connectivity index (χ4v) is 1.06. The third kappa shape index (κ3) is 3.06. The molecule has 1 N–H and O–H groups in total. The van der Waals surface area contributed by atoms with E-state index in [1.807, 2.05) is 0 Å². The number of aliphatic hydroxyl groups excluding tert-OH is 1. The van der Waals surface area contributed by atoms with Crippen LogP contribution in [0.5, 0.6) is 0 Å². The van der Waals surface area contributed by atoms with Gasteiger partial charge in [-0.25, -0.2) is 4.68 Å². The zero-order valence-electron chi connectivity index (χ0n) is 8.53. The van der Waals surface area contributed by atoms with Crippen molar-refractivity contribution in [3.05, 3.63) is 28.2 Å². The molecule has 1 atom stereocenters. The molecule has 7 heteroatoms. The lowest BCUT2D eigenvalue weighted by Gasteiger charge is -2.11. The van der Waals surface area contributed by atoms with Gasteiger partial charge in [-0.1, -0.05) is 6.92 Å². The zero-order chi connectivity index (χ0) is 12.3. The van der Waals surface area contributed by atoms with Crippen LogP contribution in [0, 0.1) is 0 Å². The van der Waals surface area contributed by atoms with Gasteiger partial charge >= 0.3 is 6.18 Å². The number of alkyl halides is 3. The number of hydrogen-bond donors (Lipinski definition) is 1. The van der Waals surface area contributed by atoms with E-state index in [0.29, 0.717) is 17.2 Å². The summed E-state index contributed by atoms with van der Waals surface area (Å²) in [4.78, 5) is 11.2. The maximum atomic E-state index is 12.3. The molecule has 1 aromatic rings.